The third kappa shape index (κ3) is 2.57. The van der Waals surface area contributed by atoms with Crippen LogP contribution in [0.1, 0.15) is 12.5 Å². The summed E-state index contributed by atoms with van der Waals surface area (Å²) in [6.45, 7) is 6.04. The number of nitrogens with zero attached hydrogens (tertiary/aromatic N) is 1. The summed E-state index contributed by atoms with van der Waals surface area (Å²) in [6, 6.07) is 6.49. The second kappa shape index (κ2) is 5.25. The fraction of sp³-hybridized carbons (Fsp3) is 0.538. The van der Waals surface area contributed by atoms with Crippen LogP contribution in [0.4, 0.5) is 5.69 Å². The highest BCUT2D eigenvalue weighted by atomic mass is 35.5. The van der Waals surface area contributed by atoms with E-state index in [0.29, 0.717) is 6.04 Å². The van der Waals surface area contributed by atoms with Crippen molar-refractivity contribution in [2.75, 3.05) is 24.6 Å². The first-order valence-corrected chi connectivity index (χ1v) is 6.37. The maximum Gasteiger partial charge on any atom is 0.0647 e. The van der Waals surface area contributed by atoms with Crippen LogP contribution < -0.4 is 10.2 Å². The smallest absolute Gasteiger partial charge is 0.0647 e. The number of hydrogen-bond donors (Lipinski definition) is 2. The van der Waals surface area contributed by atoms with Gasteiger partial charge in [0.2, 0.25) is 0 Å². The van der Waals surface area contributed by atoms with E-state index in [9.17, 15) is 5.11 Å². The molecule has 2 N–H and O–H groups in total. The molecule has 1 aliphatic rings. The van der Waals surface area contributed by atoms with Crippen LogP contribution in [0.2, 0.25) is 5.02 Å². The molecule has 1 aromatic carbocycles. The molecular formula is C13H19ClN2O. The van der Waals surface area contributed by atoms with Gasteiger partial charge >= 0.3 is 0 Å². The van der Waals surface area contributed by atoms with Gasteiger partial charge in [0.05, 0.1) is 12.6 Å². The van der Waals surface area contributed by atoms with E-state index in [1.54, 1.807) is 0 Å². The van der Waals surface area contributed by atoms with Crippen molar-refractivity contribution in [3.8, 4) is 0 Å². The van der Waals surface area contributed by atoms with Crippen LogP contribution in [-0.2, 0) is 0 Å². The van der Waals surface area contributed by atoms with Crippen LogP contribution >= 0.6 is 11.6 Å². The first kappa shape index (κ1) is 12.7. The molecule has 0 aliphatic carbocycles. The molecule has 1 saturated heterocycles. The third-order valence-corrected chi connectivity index (χ3v) is 3.78. The number of nitrogens with one attached hydrogen (secondary N) is 1. The zero-order valence-electron chi connectivity index (χ0n) is 10.3. The molecule has 1 aromatic rings. The van der Waals surface area contributed by atoms with Gasteiger partial charge in [-0.05, 0) is 31.5 Å². The van der Waals surface area contributed by atoms with Crippen molar-refractivity contribution >= 4 is 17.3 Å². The minimum Gasteiger partial charge on any atom is -0.394 e. The van der Waals surface area contributed by atoms with Crippen molar-refractivity contribution in [1.82, 2.24) is 5.32 Å². The molecule has 0 saturated carbocycles. The highest BCUT2D eigenvalue weighted by Crippen LogP contribution is 2.28. The Hall–Kier alpha value is -0.770. The van der Waals surface area contributed by atoms with Gasteiger partial charge in [-0.3, -0.25) is 0 Å². The average molecular weight is 255 g/mol. The van der Waals surface area contributed by atoms with Crippen LogP contribution in [0.5, 0.6) is 0 Å². The number of rotatable bonds is 2. The van der Waals surface area contributed by atoms with Crippen LogP contribution in [0, 0.1) is 6.92 Å². The van der Waals surface area contributed by atoms with Crippen molar-refractivity contribution in [2.24, 2.45) is 0 Å². The van der Waals surface area contributed by atoms with Crippen LogP contribution in [0.25, 0.3) is 0 Å². The zero-order chi connectivity index (χ0) is 12.4. The molecule has 4 heteroatoms. The summed E-state index contributed by atoms with van der Waals surface area (Å²) >= 11 is 6.16. The summed E-state index contributed by atoms with van der Waals surface area (Å²) in [5.41, 5.74) is 2.21. The largest absolute Gasteiger partial charge is 0.394 e. The van der Waals surface area contributed by atoms with Crippen molar-refractivity contribution in [2.45, 2.75) is 25.9 Å². The van der Waals surface area contributed by atoms with E-state index in [-0.39, 0.29) is 12.6 Å². The second-order valence-electron chi connectivity index (χ2n) is 4.68. The van der Waals surface area contributed by atoms with Crippen molar-refractivity contribution < 1.29 is 5.11 Å². The fourth-order valence-electron chi connectivity index (χ4n) is 2.32. The second-order valence-corrected chi connectivity index (χ2v) is 5.09. The number of anilines is 1. The predicted molar refractivity (Wildman–Crippen MR) is 71.9 cm³/mol. The maximum atomic E-state index is 9.45. The number of halogens is 1. The minimum absolute atomic E-state index is 0.128. The molecule has 17 heavy (non-hydrogen) atoms. The molecule has 2 unspecified atom stereocenters. The summed E-state index contributed by atoms with van der Waals surface area (Å²) in [4.78, 5) is 2.25. The van der Waals surface area contributed by atoms with E-state index in [2.05, 4.69) is 23.2 Å². The quantitative estimate of drug-likeness (QED) is 0.845. The molecule has 1 aliphatic heterocycles. The normalized spacial score (nSPS) is 25.1. The summed E-state index contributed by atoms with van der Waals surface area (Å²) in [5.74, 6) is 0. The van der Waals surface area contributed by atoms with Crippen molar-refractivity contribution in [1.29, 1.82) is 0 Å². The first-order chi connectivity index (χ1) is 8.13. The topological polar surface area (TPSA) is 35.5 Å². The monoisotopic (exact) mass is 254 g/mol. The van der Waals surface area contributed by atoms with Gasteiger partial charge in [-0.2, -0.15) is 0 Å². The molecule has 94 valence electrons. The third-order valence-electron chi connectivity index (χ3n) is 3.37. The lowest BCUT2D eigenvalue weighted by atomic mass is 10.1. The zero-order valence-corrected chi connectivity index (χ0v) is 11.0. The summed E-state index contributed by atoms with van der Waals surface area (Å²) < 4.78 is 0. The van der Waals surface area contributed by atoms with Gasteiger partial charge in [-0.1, -0.05) is 17.7 Å². The molecule has 0 radical (unpaired) electrons. The van der Waals surface area contributed by atoms with E-state index in [1.165, 1.54) is 0 Å². The van der Waals surface area contributed by atoms with E-state index in [4.69, 9.17) is 11.6 Å². The van der Waals surface area contributed by atoms with Gasteiger partial charge in [0.1, 0.15) is 0 Å². The standard InChI is InChI=1S/C13H19ClN2O/c1-9-7-16(11(8-17)6-15-9)13-5-3-4-12(14)10(13)2/h3-5,9,11,15,17H,6-8H2,1-2H3. The Morgan fingerprint density at radius 3 is 3.00 bits per heavy atom. The van der Waals surface area contributed by atoms with Crippen LogP contribution in [0.15, 0.2) is 18.2 Å². The Balaban J connectivity index is 2.32. The molecule has 0 spiro atoms. The molecule has 2 atom stereocenters. The number of piperazine rings is 1. The Labute approximate surface area is 107 Å². The maximum absolute atomic E-state index is 9.45. The Kier molecular flexibility index (Phi) is 3.92. The van der Waals surface area contributed by atoms with Crippen molar-refractivity contribution in [3.63, 3.8) is 0 Å². The van der Waals surface area contributed by atoms with E-state index < -0.39 is 0 Å². The molecule has 2 rings (SSSR count). The van der Waals surface area contributed by atoms with Gasteiger partial charge < -0.3 is 15.3 Å². The molecule has 1 fully saturated rings. The van der Waals surface area contributed by atoms with E-state index >= 15 is 0 Å². The Morgan fingerprint density at radius 1 is 1.53 bits per heavy atom. The molecule has 1 heterocycles. The summed E-state index contributed by atoms with van der Waals surface area (Å²) in [6.07, 6.45) is 0. The molecule has 0 aromatic heterocycles. The number of aliphatic hydroxyl groups is 1. The Morgan fingerprint density at radius 2 is 2.29 bits per heavy atom. The number of benzene rings is 1. The lowest BCUT2D eigenvalue weighted by Gasteiger charge is -2.41. The summed E-state index contributed by atoms with van der Waals surface area (Å²) in [5, 5.41) is 13.6. The molecule has 3 nitrogen and oxygen atoms in total. The first-order valence-electron chi connectivity index (χ1n) is 5.99. The van der Waals surface area contributed by atoms with Gasteiger partial charge in [0, 0.05) is 29.8 Å². The molecule has 0 bridgehead atoms. The van der Waals surface area contributed by atoms with Gasteiger partial charge in [-0.25, -0.2) is 0 Å². The number of aliphatic hydroxyl groups excluding tert-OH is 1. The molecule has 0 amide bonds. The Bertz CT molecular complexity index is 397. The highest BCUT2D eigenvalue weighted by molar-refractivity contribution is 6.31. The predicted octanol–water partition coefficient (Wildman–Crippen LogP) is 1.81. The van der Waals surface area contributed by atoms with Gasteiger partial charge in [0.25, 0.3) is 0 Å². The average Bonchev–Trinajstić information content (AvgIpc) is 2.33. The van der Waals surface area contributed by atoms with Crippen LogP contribution in [0.3, 0.4) is 0 Å². The van der Waals surface area contributed by atoms with Crippen molar-refractivity contribution in [3.05, 3.63) is 28.8 Å². The summed E-state index contributed by atoms with van der Waals surface area (Å²) in [7, 11) is 0. The van der Waals surface area contributed by atoms with E-state index in [1.807, 2.05) is 19.1 Å². The minimum atomic E-state index is 0.128. The molecular weight excluding hydrogens is 236 g/mol. The van der Waals surface area contributed by atoms with Gasteiger partial charge in [0.15, 0.2) is 0 Å². The van der Waals surface area contributed by atoms with E-state index in [0.717, 1.165) is 29.4 Å². The van der Waals surface area contributed by atoms with Gasteiger partial charge in [-0.15, -0.1) is 0 Å². The lowest BCUT2D eigenvalue weighted by molar-refractivity contribution is 0.237. The highest BCUT2D eigenvalue weighted by Gasteiger charge is 2.26. The fourth-order valence-corrected chi connectivity index (χ4v) is 2.49. The SMILES string of the molecule is Cc1c(Cl)cccc1N1CC(C)NCC1CO. The van der Waals surface area contributed by atoms with Crippen LogP contribution in [-0.4, -0.2) is 36.9 Å². The lowest BCUT2D eigenvalue weighted by Crippen LogP contribution is -2.57. The number of hydrogen-bond acceptors (Lipinski definition) is 3.